The molecule has 4 rings (SSSR count). The molecule has 3 aromatic rings. The number of rotatable bonds is 5. The summed E-state index contributed by atoms with van der Waals surface area (Å²) < 4.78 is 18.5. The first-order chi connectivity index (χ1) is 13.1. The highest BCUT2D eigenvalue weighted by Gasteiger charge is 2.35. The van der Waals surface area contributed by atoms with E-state index in [2.05, 4.69) is 34.1 Å². The molecular weight excluding hydrogens is 343 g/mol. The molecule has 140 valence electrons. The summed E-state index contributed by atoms with van der Waals surface area (Å²) in [4.78, 5) is 6.83. The summed E-state index contributed by atoms with van der Waals surface area (Å²) in [6.45, 7) is 3.72. The fraction of sp³-hybridized carbons (Fsp3) is 0.333. The Morgan fingerprint density at radius 2 is 1.89 bits per heavy atom. The van der Waals surface area contributed by atoms with Gasteiger partial charge in [0.25, 0.3) is 0 Å². The normalized spacial score (nSPS) is 21.4. The second-order valence-electron chi connectivity index (χ2n) is 7.16. The van der Waals surface area contributed by atoms with Gasteiger partial charge in [-0.25, -0.2) is 4.39 Å². The lowest BCUT2D eigenvalue weighted by Crippen LogP contribution is -2.30. The fourth-order valence-electron chi connectivity index (χ4n) is 3.68. The van der Waals surface area contributed by atoms with Crippen LogP contribution in [0.4, 0.5) is 4.39 Å². The van der Waals surface area contributed by atoms with E-state index < -0.39 is 0 Å². The van der Waals surface area contributed by atoms with Crippen LogP contribution in [0, 0.1) is 5.82 Å². The van der Waals surface area contributed by atoms with E-state index in [1.54, 1.807) is 12.1 Å². The smallest absolute Gasteiger partial charge is 0.243 e. The first kappa shape index (κ1) is 17.8. The standard InChI is InChI=1S/C21H23FN4O/c1-14(26-12-18(19(23)13-26)16-5-3-2-4-6-16)21-24-20(25-27-21)11-15-7-9-17(22)10-8-15/h2-10,14,18-19H,11-13,23H2,1H3/t14?,18-,19+/m0/s1. The van der Waals surface area contributed by atoms with E-state index in [0.717, 1.165) is 18.7 Å². The molecule has 6 heteroatoms. The molecule has 1 unspecified atom stereocenters. The third kappa shape index (κ3) is 3.91. The number of hydrogen-bond donors (Lipinski definition) is 1. The van der Waals surface area contributed by atoms with Gasteiger partial charge in [0, 0.05) is 31.5 Å². The molecule has 2 heterocycles. The Morgan fingerprint density at radius 3 is 2.63 bits per heavy atom. The predicted molar refractivity (Wildman–Crippen MR) is 101 cm³/mol. The van der Waals surface area contributed by atoms with Crippen molar-refractivity contribution in [3.63, 3.8) is 0 Å². The molecule has 0 spiro atoms. The van der Waals surface area contributed by atoms with E-state index in [1.807, 2.05) is 18.2 Å². The SMILES string of the molecule is CC(c1nc(Cc2ccc(F)cc2)no1)N1C[C@@H](N)[C@H](c2ccccc2)C1. The zero-order valence-electron chi connectivity index (χ0n) is 15.3. The quantitative estimate of drug-likeness (QED) is 0.750. The van der Waals surface area contributed by atoms with Crippen LogP contribution < -0.4 is 5.73 Å². The van der Waals surface area contributed by atoms with E-state index in [-0.39, 0.29) is 17.9 Å². The van der Waals surface area contributed by atoms with E-state index in [9.17, 15) is 4.39 Å². The minimum Gasteiger partial charge on any atom is -0.338 e. The van der Waals surface area contributed by atoms with Gasteiger partial charge in [-0.2, -0.15) is 4.98 Å². The van der Waals surface area contributed by atoms with Gasteiger partial charge in [-0.15, -0.1) is 0 Å². The fourth-order valence-corrected chi connectivity index (χ4v) is 3.68. The van der Waals surface area contributed by atoms with Crippen LogP contribution >= 0.6 is 0 Å². The molecule has 2 N–H and O–H groups in total. The Kier molecular flexibility index (Phi) is 5.01. The van der Waals surface area contributed by atoms with Crippen molar-refractivity contribution in [3.8, 4) is 0 Å². The van der Waals surface area contributed by atoms with Crippen LogP contribution in [0.5, 0.6) is 0 Å². The topological polar surface area (TPSA) is 68.2 Å². The Bertz CT molecular complexity index is 881. The summed E-state index contributed by atoms with van der Waals surface area (Å²) >= 11 is 0. The summed E-state index contributed by atoms with van der Waals surface area (Å²) in [5.74, 6) is 1.24. The molecule has 3 atom stereocenters. The summed E-state index contributed by atoms with van der Waals surface area (Å²) in [5.41, 5.74) is 8.61. The van der Waals surface area contributed by atoms with Crippen molar-refractivity contribution in [1.29, 1.82) is 0 Å². The first-order valence-corrected chi connectivity index (χ1v) is 9.21. The molecule has 2 aromatic carbocycles. The van der Waals surface area contributed by atoms with Crippen LogP contribution in [0.15, 0.2) is 59.1 Å². The van der Waals surface area contributed by atoms with E-state index in [0.29, 0.717) is 24.1 Å². The Hall–Kier alpha value is -2.57. The average molecular weight is 366 g/mol. The minimum atomic E-state index is -0.250. The van der Waals surface area contributed by atoms with Gasteiger partial charge in [-0.1, -0.05) is 47.6 Å². The monoisotopic (exact) mass is 366 g/mol. The van der Waals surface area contributed by atoms with Crippen molar-refractivity contribution < 1.29 is 8.91 Å². The lowest BCUT2D eigenvalue weighted by molar-refractivity contribution is 0.205. The highest BCUT2D eigenvalue weighted by molar-refractivity contribution is 5.24. The summed E-state index contributed by atoms with van der Waals surface area (Å²) in [7, 11) is 0. The van der Waals surface area contributed by atoms with Gasteiger partial charge in [-0.3, -0.25) is 4.90 Å². The third-order valence-corrected chi connectivity index (χ3v) is 5.29. The zero-order chi connectivity index (χ0) is 18.8. The maximum atomic E-state index is 13.0. The average Bonchev–Trinajstić information content (AvgIpc) is 3.30. The van der Waals surface area contributed by atoms with Crippen LogP contribution in [0.2, 0.25) is 0 Å². The maximum Gasteiger partial charge on any atom is 0.243 e. The number of halogens is 1. The van der Waals surface area contributed by atoms with Gasteiger partial charge in [0.1, 0.15) is 5.82 Å². The van der Waals surface area contributed by atoms with Crippen molar-refractivity contribution in [2.24, 2.45) is 5.73 Å². The van der Waals surface area contributed by atoms with Crippen molar-refractivity contribution in [3.05, 3.63) is 83.3 Å². The second kappa shape index (κ2) is 7.58. The molecule has 1 aliphatic heterocycles. The van der Waals surface area contributed by atoms with Crippen molar-refractivity contribution in [2.75, 3.05) is 13.1 Å². The highest BCUT2D eigenvalue weighted by Crippen LogP contribution is 2.31. The zero-order valence-corrected chi connectivity index (χ0v) is 15.3. The van der Waals surface area contributed by atoms with Gasteiger partial charge < -0.3 is 10.3 Å². The molecular formula is C21H23FN4O. The molecule has 1 fully saturated rings. The first-order valence-electron chi connectivity index (χ1n) is 9.21. The Labute approximate surface area is 158 Å². The molecule has 5 nitrogen and oxygen atoms in total. The number of hydrogen-bond acceptors (Lipinski definition) is 5. The summed E-state index contributed by atoms with van der Waals surface area (Å²) in [5, 5.41) is 4.08. The minimum absolute atomic E-state index is 0.000713. The van der Waals surface area contributed by atoms with Gasteiger partial charge in [0.2, 0.25) is 5.89 Å². The largest absolute Gasteiger partial charge is 0.338 e. The molecule has 0 bridgehead atoms. The summed E-state index contributed by atoms with van der Waals surface area (Å²) in [6.07, 6.45) is 0.517. The van der Waals surface area contributed by atoms with Gasteiger partial charge >= 0.3 is 0 Å². The van der Waals surface area contributed by atoms with Crippen LogP contribution in [-0.4, -0.2) is 34.2 Å². The predicted octanol–water partition coefficient (Wildman–Crippen LogP) is 3.29. The number of nitrogens with zero attached hydrogens (tertiary/aromatic N) is 3. The van der Waals surface area contributed by atoms with Crippen LogP contribution in [-0.2, 0) is 6.42 Å². The molecule has 0 radical (unpaired) electrons. The number of benzene rings is 2. The van der Waals surface area contributed by atoms with Gasteiger partial charge in [0.05, 0.1) is 6.04 Å². The van der Waals surface area contributed by atoms with E-state index in [1.165, 1.54) is 17.7 Å². The molecule has 1 aliphatic rings. The lowest BCUT2D eigenvalue weighted by Gasteiger charge is -2.20. The Morgan fingerprint density at radius 1 is 1.15 bits per heavy atom. The number of aromatic nitrogens is 2. The summed E-state index contributed by atoms with van der Waals surface area (Å²) in [6, 6.07) is 16.8. The van der Waals surface area contributed by atoms with E-state index in [4.69, 9.17) is 10.3 Å². The molecule has 0 aliphatic carbocycles. The number of likely N-dealkylation sites (tertiary alicyclic amines) is 1. The maximum absolute atomic E-state index is 13.0. The second-order valence-corrected chi connectivity index (χ2v) is 7.16. The Balaban J connectivity index is 1.43. The van der Waals surface area contributed by atoms with Crippen molar-refractivity contribution >= 4 is 0 Å². The van der Waals surface area contributed by atoms with Crippen molar-refractivity contribution in [1.82, 2.24) is 15.0 Å². The lowest BCUT2D eigenvalue weighted by atomic mass is 9.95. The number of nitrogens with two attached hydrogens (primary N) is 1. The van der Waals surface area contributed by atoms with Crippen LogP contribution in [0.1, 0.15) is 41.7 Å². The molecule has 0 amide bonds. The van der Waals surface area contributed by atoms with Crippen molar-refractivity contribution in [2.45, 2.75) is 31.3 Å². The molecule has 1 aromatic heterocycles. The molecule has 27 heavy (non-hydrogen) atoms. The van der Waals surface area contributed by atoms with Crippen LogP contribution in [0.25, 0.3) is 0 Å². The van der Waals surface area contributed by atoms with E-state index >= 15 is 0 Å². The van der Waals surface area contributed by atoms with Gasteiger partial charge in [0.15, 0.2) is 5.82 Å². The molecule has 0 saturated carbocycles. The molecule has 1 saturated heterocycles. The highest BCUT2D eigenvalue weighted by atomic mass is 19.1. The van der Waals surface area contributed by atoms with Crippen LogP contribution in [0.3, 0.4) is 0 Å². The third-order valence-electron chi connectivity index (χ3n) is 5.29. The van der Waals surface area contributed by atoms with Gasteiger partial charge in [-0.05, 0) is 30.2 Å².